The van der Waals surface area contributed by atoms with Crippen LogP contribution in [0, 0.1) is 5.92 Å². The van der Waals surface area contributed by atoms with Crippen LogP contribution < -0.4 is 0 Å². The number of hydrogen-bond acceptors (Lipinski definition) is 2. The minimum atomic E-state index is -0.0955. The van der Waals surface area contributed by atoms with E-state index in [2.05, 4.69) is 6.92 Å². The van der Waals surface area contributed by atoms with Crippen molar-refractivity contribution in [1.82, 2.24) is 4.90 Å². The fourth-order valence-electron chi connectivity index (χ4n) is 1.50. The molecule has 0 spiro atoms. The van der Waals surface area contributed by atoms with Crippen molar-refractivity contribution in [3.63, 3.8) is 0 Å². The third-order valence-corrected chi connectivity index (χ3v) is 2.47. The summed E-state index contributed by atoms with van der Waals surface area (Å²) in [6.07, 6.45) is 3.40. The summed E-state index contributed by atoms with van der Waals surface area (Å²) in [4.78, 5) is 13.2. The first-order valence-electron chi connectivity index (χ1n) is 5.71. The van der Waals surface area contributed by atoms with E-state index < -0.39 is 0 Å². The molecule has 0 radical (unpaired) electrons. The second-order valence-electron chi connectivity index (χ2n) is 3.92. The SMILES string of the molecule is CC.CC1CCN(C(=O)OC2CC2)C1. The Kier molecular flexibility index (Phi) is 4.23. The van der Waals surface area contributed by atoms with Crippen molar-refractivity contribution in [2.75, 3.05) is 13.1 Å². The minimum Gasteiger partial charge on any atom is -0.446 e. The molecule has 1 atom stereocenters. The number of hydrogen-bond donors (Lipinski definition) is 0. The Balaban J connectivity index is 0.000000461. The fraction of sp³-hybridized carbons (Fsp3) is 0.909. The molecule has 1 aliphatic heterocycles. The van der Waals surface area contributed by atoms with Crippen LogP contribution in [0.1, 0.15) is 40.0 Å². The van der Waals surface area contributed by atoms with Crippen molar-refractivity contribution in [3.05, 3.63) is 0 Å². The molecule has 2 fully saturated rings. The molecule has 1 saturated heterocycles. The van der Waals surface area contributed by atoms with Gasteiger partial charge in [0.05, 0.1) is 0 Å². The van der Waals surface area contributed by atoms with E-state index >= 15 is 0 Å². The van der Waals surface area contributed by atoms with E-state index in [9.17, 15) is 4.79 Å². The zero-order chi connectivity index (χ0) is 10.6. The van der Waals surface area contributed by atoms with Gasteiger partial charge in [0, 0.05) is 13.1 Å². The second-order valence-corrected chi connectivity index (χ2v) is 3.92. The van der Waals surface area contributed by atoms with E-state index in [1.54, 1.807) is 0 Å². The van der Waals surface area contributed by atoms with E-state index in [-0.39, 0.29) is 12.2 Å². The van der Waals surface area contributed by atoms with Crippen molar-refractivity contribution < 1.29 is 9.53 Å². The first-order valence-corrected chi connectivity index (χ1v) is 5.71. The van der Waals surface area contributed by atoms with Crippen LogP contribution in [0.4, 0.5) is 4.79 Å². The molecule has 0 N–H and O–H groups in total. The lowest BCUT2D eigenvalue weighted by Crippen LogP contribution is -2.29. The highest BCUT2D eigenvalue weighted by Crippen LogP contribution is 2.25. The molecule has 3 nitrogen and oxygen atoms in total. The number of ether oxygens (including phenoxy) is 1. The van der Waals surface area contributed by atoms with Crippen LogP contribution in [0.25, 0.3) is 0 Å². The minimum absolute atomic E-state index is 0.0955. The summed E-state index contributed by atoms with van der Waals surface area (Å²) in [6.45, 7) is 7.93. The van der Waals surface area contributed by atoms with Crippen LogP contribution in [0.15, 0.2) is 0 Å². The van der Waals surface area contributed by atoms with Crippen LogP contribution in [0.5, 0.6) is 0 Å². The standard InChI is InChI=1S/C9H15NO2.C2H6/c1-7-4-5-10(6-7)9(11)12-8-2-3-8;1-2/h7-8H,2-6H2,1H3;1-2H3. The molecule has 1 amide bonds. The maximum Gasteiger partial charge on any atom is 0.410 e. The largest absolute Gasteiger partial charge is 0.446 e. The van der Waals surface area contributed by atoms with Gasteiger partial charge in [-0.3, -0.25) is 0 Å². The van der Waals surface area contributed by atoms with Gasteiger partial charge in [-0.2, -0.15) is 0 Å². The average Bonchev–Trinajstić information content (AvgIpc) is 2.89. The first kappa shape index (κ1) is 11.3. The summed E-state index contributed by atoms with van der Waals surface area (Å²) in [5.41, 5.74) is 0. The monoisotopic (exact) mass is 199 g/mol. The summed E-state index contributed by atoms with van der Waals surface area (Å²) in [5.74, 6) is 0.650. The van der Waals surface area contributed by atoms with E-state index in [0.29, 0.717) is 5.92 Å². The van der Waals surface area contributed by atoms with Gasteiger partial charge in [0.2, 0.25) is 0 Å². The number of carbonyl (C=O) groups excluding carboxylic acids is 1. The normalized spacial score (nSPS) is 25.4. The lowest BCUT2D eigenvalue weighted by molar-refractivity contribution is 0.103. The second kappa shape index (κ2) is 5.23. The number of amides is 1. The van der Waals surface area contributed by atoms with Crippen LogP contribution in [-0.4, -0.2) is 30.2 Å². The summed E-state index contributed by atoms with van der Waals surface area (Å²) in [5, 5.41) is 0. The molecule has 14 heavy (non-hydrogen) atoms. The summed E-state index contributed by atoms with van der Waals surface area (Å²) in [6, 6.07) is 0. The van der Waals surface area contributed by atoms with Crippen molar-refractivity contribution in [3.8, 4) is 0 Å². The van der Waals surface area contributed by atoms with Crippen LogP contribution >= 0.6 is 0 Å². The molecule has 2 rings (SSSR count). The highest BCUT2D eigenvalue weighted by Gasteiger charge is 2.30. The molecule has 1 saturated carbocycles. The van der Waals surface area contributed by atoms with E-state index in [1.807, 2.05) is 18.7 Å². The molecule has 0 aromatic rings. The molecule has 1 unspecified atom stereocenters. The number of likely N-dealkylation sites (tertiary alicyclic amines) is 1. The Morgan fingerprint density at radius 3 is 2.36 bits per heavy atom. The van der Waals surface area contributed by atoms with E-state index in [1.165, 1.54) is 0 Å². The lowest BCUT2D eigenvalue weighted by Gasteiger charge is -2.14. The third-order valence-electron chi connectivity index (χ3n) is 2.47. The van der Waals surface area contributed by atoms with E-state index in [4.69, 9.17) is 4.74 Å². The van der Waals surface area contributed by atoms with Gasteiger partial charge >= 0.3 is 6.09 Å². The molecule has 2 aliphatic rings. The van der Waals surface area contributed by atoms with Gasteiger partial charge in [-0.25, -0.2) is 4.79 Å². The first-order chi connectivity index (χ1) is 6.75. The van der Waals surface area contributed by atoms with Crippen molar-refractivity contribution in [2.24, 2.45) is 5.92 Å². The van der Waals surface area contributed by atoms with Crippen LogP contribution in [0.2, 0.25) is 0 Å². The number of nitrogens with zero attached hydrogens (tertiary/aromatic N) is 1. The highest BCUT2D eigenvalue weighted by atomic mass is 16.6. The zero-order valence-corrected chi connectivity index (χ0v) is 9.45. The molecule has 0 aromatic heterocycles. The molecular formula is C11H21NO2. The summed E-state index contributed by atoms with van der Waals surface area (Å²) in [7, 11) is 0. The maximum atomic E-state index is 11.3. The highest BCUT2D eigenvalue weighted by molar-refractivity contribution is 5.68. The van der Waals surface area contributed by atoms with Crippen molar-refractivity contribution in [1.29, 1.82) is 0 Å². The Labute approximate surface area is 86.4 Å². The summed E-state index contributed by atoms with van der Waals surface area (Å²) < 4.78 is 5.18. The Morgan fingerprint density at radius 2 is 1.93 bits per heavy atom. The molecule has 0 aromatic carbocycles. The maximum absolute atomic E-state index is 11.3. The van der Waals surface area contributed by atoms with Gasteiger partial charge in [0.1, 0.15) is 6.10 Å². The van der Waals surface area contributed by atoms with Gasteiger partial charge in [0.25, 0.3) is 0 Å². The molecule has 1 heterocycles. The molecule has 0 bridgehead atoms. The van der Waals surface area contributed by atoms with Crippen molar-refractivity contribution in [2.45, 2.75) is 46.1 Å². The Morgan fingerprint density at radius 1 is 1.29 bits per heavy atom. The van der Waals surface area contributed by atoms with Gasteiger partial charge < -0.3 is 9.64 Å². The Bertz CT molecular complexity index is 190. The average molecular weight is 199 g/mol. The quantitative estimate of drug-likeness (QED) is 0.649. The van der Waals surface area contributed by atoms with Crippen molar-refractivity contribution >= 4 is 6.09 Å². The Hall–Kier alpha value is -0.730. The van der Waals surface area contributed by atoms with Gasteiger partial charge in [-0.05, 0) is 25.2 Å². The zero-order valence-electron chi connectivity index (χ0n) is 9.45. The third kappa shape index (κ3) is 3.20. The molecular weight excluding hydrogens is 178 g/mol. The predicted molar refractivity (Wildman–Crippen MR) is 56.2 cm³/mol. The summed E-state index contributed by atoms with van der Waals surface area (Å²) >= 11 is 0. The predicted octanol–water partition coefficient (Wildman–Crippen LogP) is 2.65. The number of rotatable bonds is 1. The van der Waals surface area contributed by atoms with Gasteiger partial charge in [0.15, 0.2) is 0 Å². The van der Waals surface area contributed by atoms with Gasteiger partial charge in [-0.1, -0.05) is 20.8 Å². The molecule has 82 valence electrons. The molecule has 3 heteroatoms. The fourth-order valence-corrected chi connectivity index (χ4v) is 1.50. The van der Waals surface area contributed by atoms with Crippen LogP contribution in [-0.2, 0) is 4.74 Å². The lowest BCUT2D eigenvalue weighted by atomic mass is 10.2. The number of carbonyl (C=O) groups is 1. The van der Waals surface area contributed by atoms with E-state index in [0.717, 1.165) is 32.4 Å². The molecule has 1 aliphatic carbocycles. The smallest absolute Gasteiger partial charge is 0.410 e. The van der Waals surface area contributed by atoms with Crippen LogP contribution in [0.3, 0.4) is 0 Å². The van der Waals surface area contributed by atoms with Gasteiger partial charge in [-0.15, -0.1) is 0 Å². The topological polar surface area (TPSA) is 29.5 Å².